The van der Waals surface area contributed by atoms with E-state index in [1.54, 1.807) is 12.3 Å². The van der Waals surface area contributed by atoms with Crippen molar-refractivity contribution in [2.24, 2.45) is 0 Å². The molecule has 20 heavy (non-hydrogen) atoms. The Morgan fingerprint density at radius 2 is 2.05 bits per heavy atom. The van der Waals surface area contributed by atoms with Gasteiger partial charge in [0.25, 0.3) is 0 Å². The molecule has 1 aliphatic heterocycles. The van der Waals surface area contributed by atoms with E-state index < -0.39 is 0 Å². The minimum absolute atomic E-state index is 0.0695. The molecule has 1 saturated heterocycles. The molecule has 0 amide bonds. The predicted molar refractivity (Wildman–Crippen MR) is 72.0 cm³/mol. The van der Waals surface area contributed by atoms with Crippen molar-refractivity contribution < 1.29 is 13.7 Å². The maximum absolute atomic E-state index is 5.74. The largest absolute Gasteiger partial charge is 0.461 e. The number of hydrogen-bond donors (Lipinski definition) is 0. The van der Waals surface area contributed by atoms with Crippen LogP contribution in [0.1, 0.15) is 32.7 Å². The van der Waals surface area contributed by atoms with Crippen LogP contribution in [0, 0.1) is 0 Å². The van der Waals surface area contributed by atoms with Crippen LogP contribution in [0.2, 0.25) is 0 Å². The topological polar surface area (TPSA) is 64.5 Å². The van der Waals surface area contributed by atoms with Gasteiger partial charge in [0, 0.05) is 13.1 Å². The van der Waals surface area contributed by atoms with Crippen LogP contribution in [0.5, 0.6) is 0 Å². The molecule has 0 aliphatic carbocycles. The lowest BCUT2D eigenvalue weighted by Gasteiger charge is -2.37. The van der Waals surface area contributed by atoms with Gasteiger partial charge in [0.05, 0.1) is 24.5 Å². The summed E-state index contributed by atoms with van der Waals surface area (Å²) < 4.78 is 16.4. The third-order valence-corrected chi connectivity index (χ3v) is 3.54. The molecule has 3 heterocycles. The lowest BCUT2D eigenvalue weighted by molar-refractivity contribution is -0.0818. The maximum Gasteiger partial charge on any atom is 0.244 e. The minimum Gasteiger partial charge on any atom is -0.461 e. The summed E-state index contributed by atoms with van der Waals surface area (Å²) in [6.45, 7) is 7.97. The van der Waals surface area contributed by atoms with Gasteiger partial charge in [-0.25, -0.2) is 0 Å². The summed E-state index contributed by atoms with van der Waals surface area (Å²) in [5, 5.41) is 3.97. The van der Waals surface area contributed by atoms with Crippen molar-refractivity contribution in [2.75, 3.05) is 13.1 Å². The average molecular weight is 277 g/mol. The molecule has 0 saturated carbocycles. The molecule has 1 fully saturated rings. The molecule has 3 atom stereocenters. The fourth-order valence-electron chi connectivity index (χ4n) is 2.60. The van der Waals surface area contributed by atoms with Crippen LogP contribution in [0.4, 0.5) is 0 Å². The van der Waals surface area contributed by atoms with E-state index in [9.17, 15) is 0 Å². The fraction of sp³-hybridized carbons (Fsp3) is 0.571. The SMILES string of the molecule is C[C@@H]1CN([C@@H](C)c2nc(-c3ccco3)no2)C[C@@H](C)O1. The number of morpholine rings is 1. The fourth-order valence-corrected chi connectivity index (χ4v) is 2.60. The molecule has 0 bridgehead atoms. The first kappa shape index (κ1) is 13.3. The second kappa shape index (κ2) is 5.38. The zero-order valence-corrected chi connectivity index (χ0v) is 11.9. The number of nitrogens with zero attached hydrogens (tertiary/aromatic N) is 3. The van der Waals surface area contributed by atoms with Gasteiger partial charge in [-0.05, 0) is 32.9 Å². The molecule has 0 N–H and O–H groups in total. The molecule has 6 heteroatoms. The summed E-state index contributed by atoms with van der Waals surface area (Å²) in [7, 11) is 0. The smallest absolute Gasteiger partial charge is 0.244 e. The first-order valence-electron chi connectivity index (χ1n) is 6.90. The quantitative estimate of drug-likeness (QED) is 0.859. The van der Waals surface area contributed by atoms with Gasteiger partial charge in [-0.2, -0.15) is 4.98 Å². The van der Waals surface area contributed by atoms with Crippen LogP contribution in [-0.4, -0.2) is 40.3 Å². The molecule has 0 radical (unpaired) electrons. The van der Waals surface area contributed by atoms with Crippen LogP contribution in [0.25, 0.3) is 11.6 Å². The zero-order valence-electron chi connectivity index (χ0n) is 11.9. The Bertz CT molecular complexity index is 542. The van der Waals surface area contributed by atoms with Gasteiger partial charge in [-0.1, -0.05) is 5.16 Å². The summed E-state index contributed by atoms with van der Waals surface area (Å²) in [6.07, 6.45) is 2.03. The van der Waals surface area contributed by atoms with E-state index in [2.05, 4.69) is 35.8 Å². The van der Waals surface area contributed by atoms with E-state index in [1.165, 1.54) is 0 Å². The van der Waals surface area contributed by atoms with E-state index in [0.717, 1.165) is 13.1 Å². The summed E-state index contributed by atoms with van der Waals surface area (Å²) in [4.78, 5) is 6.73. The molecular formula is C14H19N3O3. The van der Waals surface area contributed by atoms with E-state index in [1.807, 2.05) is 6.07 Å². The summed E-state index contributed by atoms with van der Waals surface area (Å²) in [5.41, 5.74) is 0. The number of rotatable bonds is 3. The van der Waals surface area contributed by atoms with Crippen molar-refractivity contribution in [3.63, 3.8) is 0 Å². The van der Waals surface area contributed by atoms with E-state index in [4.69, 9.17) is 13.7 Å². The van der Waals surface area contributed by atoms with Gasteiger partial charge >= 0.3 is 0 Å². The normalized spacial score (nSPS) is 25.8. The minimum atomic E-state index is 0.0695. The van der Waals surface area contributed by atoms with E-state index >= 15 is 0 Å². The van der Waals surface area contributed by atoms with E-state index in [0.29, 0.717) is 17.5 Å². The highest BCUT2D eigenvalue weighted by molar-refractivity contribution is 5.44. The second-order valence-electron chi connectivity index (χ2n) is 5.32. The predicted octanol–water partition coefficient (Wildman–Crippen LogP) is 2.50. The number of hydrogen-bond acceptors (Lipinski definition) is 6. The molecule has 1 aliphatic rings. The lowest BCUT2D eigenvalue weighted by atomic mass is 10.2. The van der Waals surface area contributed by atoms with Gasteiger partial charge in [-0.15, -0.1) is 0 Å². The summed E-state index contributed by atoms with van der Waals surface area (Å²) >= 11 is 0. The van der Waals surface area contributed by atoms with Crippen molar-refractivity contribution in [3.8, 4) is 11.6 Å². The molecule has 3 rings (SSSR count). The number of aromatic nitrogens is 2. The Hall–Kier alpha value is -1.66. The Morgan fingerprint density at radius 3 is 2.70 bits per heavy atom. The average Bonchev–Trinajstić information content (AvgIpc) is 3.07. The van der Waals surface area contributed by atoms with Crippen LogP contribution < -0.4 is 0 Å². The monoisotopic (exact) mass is 277 g/mol. The van der Waals surface area contributed by atoms with Crippen LogP contribution in [0.15, 0.2) is 27.3 Å². The lowest BCUT2D eigenvalue weighted by Crippen LogP contribution is -2.46. The second-order valence-corrected chi connectivity index (χ2v) is 5.32. The summed E-state index contributed by atoms with van der Waals surface area (Å²) in [5.74, 6) is 1.72. The molecule has 0 aromatic carbocycles. The molecular weight excluding hydrogens is 258 g/mol. The molecule has 6 nitrogen and oxygen atoms in total. The van der Waals surface area contributed by atoms with Crippen molar-refractivity contribution >= 4 is 0 Å². The highest BCUT2D eigenvalue weighted by Crippen LogP contribution is 2.25. The number of furan rings is 1. The third kappa shape index (κ3) is 2.62. The highest BCUT2D eigenvalue weighted by Gasteiger charge is 2.29. The Balaban J connectivity index is 1.75. The first-order chi connectivity index (χ1) is 9.63. The third-order valence-electron chi connectivity index (χ3n) is 3.54. The van der Waals surface area contributed by atoms with Crippen LogP contribution in [0.3, 0.4) is 0 Å². The van der Waals surface area contributed by atoms with Crippen molar-refractivity contribution in [1.82, 2.24) is 15.0 Å². The maximum atomic E-state index is 5.74. The molecule has 108 valence electrons. The van der Waals surface area contributed by atoms with Gasteiger partial charge < -0.3 is 13.7 Å². The van der Waals surface area contributed by atoms with Crippen LogP contribution >= 0.6 is 0 Å². The number of ether oxygens (including phenoxy) is 1. The van der Waals surface area contributed by atoms with Crippen molar-refractivity contribution in [3.05, 3.63) is 24.3 Å². The van der Waals surface area contributed by atoms with Gasteiger partial charge in [0.15, 0.2) is 5.76 Å². The molecule has 2 aromatic rings. The van der Waals surface area contributed by atoms with Gasteiger partial charge in [0.2, 0.25) is 11.7 Å². The molecule has 2 aromatic heterocycles. The Kier molecular flexibility index (Phi) is 3.58. The standard InChI is InChI=1S/C14H19N3O3/c1-9-7-17(8-10(2)19-9)11(3)14-15-13(16-20-14)12-5-4-6-18-12/h4-6,9-11H,7-8H2,1-3H3/t9-,10-,11+/m1/s1. The first-order valence-corrected chi connectivity index (χ1v) is 6.90. The molecule has 0 unspecified atom stereocenters. The summed E-state index contributed by atoms with van der Waals surface area (Å²) in [6, 6.07) is 3.69. The Morgan fingerprint density at radius 1 is 1.30 bits per heavy atom. The van der Waals surface area contributed by atoms with Crippen LogP contribution in [-0.2, 0) is 4.74 Å². The van der Waals surface area contributed by atoms with Crippen molar-refractivity contribution in [1.29, 1.82) is 0 Å². The van der Waals surface area contributed by atoms with E-state index in [-0.39, 0.29) is 18.2 Å². The van der Waals surface area contributed by atoms with Gasteiger partial charge in [0.1, 0.15) is 0 Å². The van der Waals surface area contributed by atoms with Gasteiger partial charge in [-0.3, -0.25) is 4.90 Å². The zero-order chi connectivity index (χ0) is 14.1. The van der Waals surface area contributed by atoms with Crippen molar-refractivity contribution in [2.45, 2.75) is 39.0 Å². The highest BCUT2D eigenvalue weighted by atomic mass is 16.5. The molecule has 0 spiro atoms. The Labute approximate surface area is 117 Å².